The van der Waals surface area contributed by atoms with Gasteiger partial charge in [-0.15, -0.1) is 11.3 Å². The number of hydrogen-bond donors (Lipinski definition) is 0. The molecule has 1 aliphatic rings. The van der Waals surface area contributed by atoms with Crippen LogP contribution in [-0.2, 0) is 22.7 Å². The summed E-state index contributed by atoms with van der Waals surface area (Å²) in [5.41, 5.74) is 2.19. The summed E-state index contributed by atoms with van der Waals surface area (Å²) in [6, 6.07) is 9.66. The van der Waals surface area contributed by atoms with E-state index in [0.29, 0.717) is 61.3 Å². The van der Waals surface area contributed by atoms with E-state index in [1.54, 1.807) is 7.11 Å². The third-order valence-electron chi connectivity index (χ3n) is 6.16. The summed E-state index contributed by atoms with van der Waals surface area (Å²) in [5, 5.41) is 0.934. The molecule has 2 aromatic carbocycles. The van der Waals surface area contributed by atoms with Gasteiger partial charge in [0.05, 0.1) is 29.7 Å². The first-order valence-corrected chi connectivity index (χ1v) is 14.0. The molecule has 0 saturated heterocycles. The summed E-state index contributed by atoms with van der Waals surface area (Å²) >= 11 is 4.98. The third kappa shape index (κ3) is 6.51. The van der Waals surface area contributed by atoms with Gasteiger partial charge in [-0.2, -0.15) is 0 Å². The molecule has 0 fully saturated rings. The molecular formula is C28H30BrNO6S. The molecule has 7 nitrogen and oxygen atoms in total. The molecule has 9 heteroatoms. The van der Waals surface area contributed by atoms with Gasteiger partial charge in [0.25, 0.3) is 0 Å². The second-order valence-corrected chi connectivity index (χ2v) is 10.8. The Kier molecular flexibility index (Phi) is 9.21. The molecule has 1 aliphatic heterocycles. The first-order valence-electron chi connectivity index (χ1n) is 12.4. The number of carbonyl (C=O) groups excluding carboxylic acids is 3. The maximum absolute atomic E-state index is 12.3. The largest absolute Gasteiger partial charge is 0.493 e. The number of thiophene rings is 1. The number of nitrogens with zero attached hydrogens (tertiary/aromatic N) is 1. The van der Waals surface area contributed by atoms with Gasteiger partial charge in [-0.1, -0.05) is 6.92 Å². The molecule has 2 heterocycles. The van der Waals surface area contributed by atoms with E-state index >= 15 is 0 Å². The summed E-state index contributed by atoms with van der Waals surface area (Å²) < 4.78 is 19.3. The van der Waals surface area contributed by atoms with Crippen LogP contribution < -0.4 is 14.2 Å². The van der Waals surface area contributed by atoms with Gasteiger partial charge in [0.1, 0.15) is 12.0 Å². The summed E-state index contributed by atoms with van der Waals surface area (Å²) in [6.07, 6.45) is 3.29. The van der Waals surface area contributed by atoms with Crippen molar-refractivity contribution in [3.05, 3.63) is 50.8 Å². The van der Waals surface area contributed by atoms with Crippen molar-refractivity contribution in [2.24, 2.45) is 0 Å². The van der Waals surface area contributed by atoms with Gasteiger partial charge in [0.15, 0.2) is 17.3 Å². The van der Waals surface area contributed by atoms with Crippen LogP contribution in [0.2, 0.25) is 0 Å². The highest BCUT2D eigenvalue weighted by molar-refractivity contribution is 9.10. The van der Waals surface area contributed by atoms with Crippen molar-refractivity contribution in [3.63, 3.8) is 0 Å². The van der Waals surface area contributed by atoms with Crippen LogP contribution in [0.4, 0.5) is 0 Å². The number of hydrogen-bond acceptors (Lipinski definition) is 7. The van der Waals surface area contributed by atoms with Gasteiger partial charge in [0.2, 0.25) is 5.91 Å². The van der Waals surface area contributed by atoms with Gasteiger partial charge in [0, 0.05) is 43.5 Å². The first kappa shape index (κ1) is 27.1. The molecule has 1 aromatic heterocycles. The lowest BCUT2D eigenvalue weighted by molar-refractivity contribution is -0.131. The number of ether oxygens (including phenoxy) is 3. The third-order valence-corrected chi connectivity index (χ3v) is 7.92. The van der Waals surface area contributed by atoms with Crippen molar-refractivity contribution in [1.82, 2.24) is 4.90 Å². The second kappa shape index (κ2) is 12.6. The Bertz CT molecular complexity index is 1300. The minimum absolute atomic E-state index is 0.0220. The minimum Gasteiger partial charge on any atom is -0.493 e. The zero-order chi connectivity index (χ0) is 26.4. The zero-order valence-electron chi connectivity index (χ0n) is 21.0. The molecule has 4 rings (SSSR count). The molecule has 0 bridgehead atoms. The second-order valence-electron chi connectivity index (χ2n) is 8.88. The molecule has 196 valence electrons. The van der Waals surface area contributed by atoms with Crippen LogP contribution in [0.3, 0.4) is 0 Å². The van der Waals surface area contributed by atoms with E-state index in [2.05, 4.69) is 15.9 Å². The molecular weight excluding hydrogens is 558 g/mol. The number of Topliss-reactive ketones (excluding diaryl/α,β-unsaturated/α-hetero) is 1. The fourth-order valence-corrected chi connectivity index (χ4v) is 5.91. The molecule has 0 unspecified atom stereocenters. The van der Waals surface area contributed by atoms with E-state index < -0.39 is 0 Å². The number of fused-ring (bicyclic) bond motifs is 2. The predicted octanol–water partition coefficient (Wildman–Crippen LogP) is 6.32. The van der Waals surface area contributed by atoms with Crippen LogP contribution in [0.15, 0.2) is 34.8 Å². The van der Waals surface area contributed by atoms with E-state index in [4.69, 9.17) is 14.2 Å². The lowest BCUT2D eigenvalue weighted by Crippen LogP contribution is -2.24. The number of halogens is 1. The minimum atomic E-state index is -0.0220. The van der Waals surface area contributed by atoms with E-state index in [-0.39, 0.29) is 24.5 Å². The lowest BCUT2D eigenvalue weighted by atomic mass is 10.1. The number of ketones is 1. The van der Waals surface area contributed by atoms with E-state index in [0.717, 1.165) is 38.4 Å². The summed E-state index contributed by atoms with van der Waals surface area (Å²) in [6.45, 7) is 4.11. The average molecular weight is 589 g/mol. The lowest BCUT2D eigenvalue weighted by Gasteiger charge is -2.14. The van der Waals surface area contributed by atoms with Crippen LogP contribution in [0, 0.1) is 0 Å². The predicted molar refractivity (Wildman–Crippen MR) is 147 cm³/mol. The Morgan fingerprint density at radius 2 is 1.70 bits per heavy atom. The molecule has 37 heavy (non-hydrogen) atoms. The summed E-state index contributed by atoms with van der Waals surface area (Å²) in [5.74, 6) is 2.17. The van der Waals surface area contributed by atoms with Crippen LogP contribution in [-0.4, -0.2) is 43.2 Å². The highest BCUT2D eigenvalue weighted by Gasteiger charge is 2.25. The quantitative estimate of drug-likeness (QED) is 0.132. The van der Waals surface area contributed by atoms with Gasteiger partial charge in [-0.3, -0.25) is 9.59 Å². The smallest absolute Gasteiger partial charge is 0.223 e. The van der Waals surface area contributed by atoms with Crippen molar-refractivity contribution in [2.75, 3.05) is 20.3 Å². The number of aldehydes is 1. The summed E-state index contributed by atoms with van der Waals surface area (Å²) in [7, 11) is 1.62. The maximum Gasteiger partial charge on any atom is 0.223 e. The van der Waals surface area contributed by atoms with Crippen molar-refractivity contribution >= 4 is 55.3 Å². The van der Waals surface area contributed by atoms with Crippen LogP contribution in [0.25, 0.3) is 10.1 Å². The number of methoxy groups -OCH3 is 1. The first-order chi connectivity index (χ1) is 17.9. The van der Waals surface area contributed by atoms with E-state index in [9.17, 15) is 14.4 Å². The zero-order valence-corrected chi connectivity index (χ0v) is 23.4. The van der Waals surface area contributed by atoms with Crippen molar-refractivity contribution in [3.8, 4) is 17.2 Å². The Balaban J connectivity index is 1.32. The molecule has 0 saturated carbocycles. The number of carbonyl (C=O) groups is 3. The fraction of sp³-hybridized carbons (Fsp3) is 0.393. The van der Waals surface area contributed by atoms with Crippen molar-refractivity contribution in [2.45, 2.75) is 52.1 Å². The Hall–Kier alpha value is -2.91. The molecule has 3 aromatic rings. The van der Waals surface area contributed by atoms with Crippen molar-refractivity contribution in [1.29, 1.82) is 0 Å². The highest BCUT2D eigenvalue weighted by atomic mass is 79.9. The van der Waals surface area contributed by atoms with Gasteiger partial charge in [-0.25, -0.2) is 0 Å². The van der Waals surface area contributed by atoms with Gasteiger partial charge < -0.3 is 23.9 Å². The molecule has 0 atom stereocenters. The Labute approximate surface area is 228 Å². The molecule has 0 spiro atoms. The average Bonchev–Trinajstić information content (AvgIpc) is 3.50. The Morgan fingerprint density at radius 3 is 2.38 bits per heavy atom. The van der Waals surface area contributed by atoms with Crippen LogP contribution in [0.1, 0.15) is 59.8 Å². The van der Waals surface area contributed by atoms with E-state index in [1.807, 2.05) is 42.2 Å². The molecule has 0 N–H and O–H groups in total. The Morgan fingerprint density at radius 1 is 1.00 bits per heavy atom. The van der Waals surface area contributed by atoms with Gasteiger partial charge >= 0.3 is 0 Å². The summed E-state index contributed by atoms with van der Waals surface area (Å²) in [4.78, 5) is 37.6. The monoisotopic (exact) mass is 587 g/mol. The fourth-order valence-electron chi connectivity index (χ4n) is 4.25. The van der Waals surface area contributed by atoms with E-state index in [1.165, 1.54) is 11.3 Å². The standard InChI is InChI=1S/C28H30BrNO6S/c1-3-6-28(33)30-16-19-12-24(34-2)25(13-20(19)17-30)36-10-5-9-35-23-11-18-14-27(22(32)7-4-8-31)37-26(18)15-21(23)29/h8,11-15H,3-7,9-10,16-17H2,1-2H3. The van der Waals surface area contributed by atoms with Crippen LogP contribution >= 0.6 is 27.3 Å². The van der Waals surface area contributed by atoms with Crippen molar-refractivity contribution < 1.29 is 28.6 Å². The van der Waals surface area contributed by atoms with Gasteiger partial charge in [-0.05, 0) is 69.2 Å². The molecule has 0 radical (unpaired) electrons. The highest BCUT2D eigenvalue weighted by Crippen LogP contribution is 2.37. The molecule has 1 amide bonds. The normalized spacial score (nSPS) is 12.5. The maximum atomic E-state index is 12.3. The number of amides is 1. The topological polar surface area (TPSA) is 82.1 Å². The number of benzene rings is 2. The molecule has 0 aliphatic carbocycles. The number of rotatable bonds is 13. The SMILES string of the molecule is CCCC(=O)N1Cc2cc(OC)c(OCCCOc3cc4cc(C(=O)CCC=O)sc4cc3Br)cc2C1. The van der Waals surface area contributed by atoms with Crippen LogP contribution in [0.5, 0.6) is 17.2 Å².